The number of nitrogen functional groups attached to an aromatic ring is 1. The van der Waals surface area contributed by atoms with Gasteiger partial charge in [-0.3, -0.25) is 4.98 Å². The molecule has 0 bridgehead atoms. The van der Waals surface area contributed by atoms with Gasteiger partial charge < -0.3 is 11.1 Å². The molecule has 100 valence electrons. The molecule has 3 nitrogen and oxygen atoms in total. The van der Waals surface area contributed by atoms with Gasteiger partial charge in [0.25, 0.3) is 0 Å². The number of nitrogens with zero attached hydrogens (tertiary/aromatic N) is 1. The van der Waals surface area contributed by atoms with E-state index in [0.29, 0.717) is 6.04 Å². The van der Waals surface area contributed by atoms with E-state index in [9.17, 15) is 0 Å². The van der Waals surface area contributed by atoms with Crippen LogP contribution in [0.1, 0.15) is 19.3 Å². The molecule has 2 aromatic rings. The fraction of sp³-hybridized carbons (Fsp3) is 0.400. The van der Waals surface area contributed by atoms with E-state index in [0.717, 1.165) is 27.5 Å². The van der Waals surface area contributed by atoms with Gasteiger partial charge in [-0.15, -0.1) is 0 Å². The van der Waals surface area contributed by atoms with Crippen molar-refractivity contribution in [3.05, 3.63) is 30.5 Å². The predicted molar refractivity (Wildman–Crippen MR) is 84.7 cm³/mol. The minimum absolute atomic E-state index is 0.574. The van der Waals surface area contributed by atoms with Crippen LogP contribution < -0.4 is 11.1 Å². The topological polar surface area (TPSA) is 50.9 Å². The molecular formula is C15H19N3S. The van der Waals surface area contributed by atoms with Gasteiger partial charge in [0.15, 0.2) is 0 Å². The molecule has 1 heterocycles. The average molecular weight is 273 g/mol. The lowest BCUT2D eigenvalue weighted by Crippen LogP contribution is -2.16. The number of hydrogen-bond acceptors (Lipinski definition) is 4. The monoisotopic (exact) mass is 273 g/mol. The number of fused-ring (bicyclic) bond motifs is 1. The van der Waals surface area contributed by atoms with Crippen LogP contribution >= 0.6 is 11.8 Å². The molecule has 0 aliphatic heterocycles. The highest BCUT2D eigenvalue weighted by molar-refractivity contribution is 7.99. The van der Waals surface area contributed by atoms with Crippen LogP contribution in [-0.2, 0) is 0 Å². The van der Waals surface area contributed by atoms with Crippen molar-refractivity contribution in [1.29, 1.82) is 0 Å². The zero-order chi connectivity index (χ0) is 13.2. The summed E-state index contributed by atoms with van der Waals surface area (Å²) in [4.78, 5) is 4.38. The molecule has 0 spiro atoms. The Labute approximate surface area is 118 Å². The summed E-state index contributed by atoms with van der Waals surface area (Å²) in [6.07, 6.45) is 7.80. The molecule has 3 N–H and O–H groups in total. The van der Waals surface area contributed by atoms with E-state index >= 15 is 0 Å². The minimum Gasteiger partial charge on any atom is -0.397 e. The fourth-order valence-corrected chi connectivity index (χ4v) is 3.62. The first-order valence-corrected chi connectivity index (χ1v) is 7.99. The normalized spacial score (nSPS) is 22.8. The molecule has 1 aromatic heterocycles. The Kier molecular flexibility index (Phi) is 3.51. The highest BCUT2D eigenvalue weighted by Crippen LogP contribution is 2.33. The molecule has 1 aromatic carbocycles. The first kappa shape index (κ1) is 12.6. The van der Waals surface area contributed by atoms with Gasteiger partial charge in [0.1, 0.15) is 0 Å². The van der Waals surface area contributed by atoms with E-state index in [1.54, 1.807) is 6.20 Å². The summed E-state index contributed by atoms with van der Waals surface area (Å²) in [6, 6.07) is 8.64. The van der Waals surface area contributed by atoms with Gasteiger partial charge in [0.05, 0.1) is 11.2 Å². The van der Waals surface area contributed by atoms with E-state index in [4.69, 9.17) is 5.73 Å². The van der Waals surface area contributed by atoms with Crippen molar-refractivity contribution in [1.82, 2.24) is 4.98 Å². The summed E-state index contributed by atoms with van der Waals surface area (Å²) in [6.45, 7) is 0. The molecule has 2 unspecified atom stereocenters. The number of nitrogens with two attached hydrogens (primary N) is 1. The first-order valence-electron chi connectivity index (χ1n) is 6.70. The quantitative estimate of drug-likeness (QED) is 0.840. The van der Waals surface area contributed by atoms with Gasteiger partial charge >= 0.3 is 0 Å². The Morgan fingerprint density at radius 1 is 1.32 bits per heavy atom. The van der Waals surface area contributed by atoms with Crippen LogP contribution in [0.5, 0.6) is 0 Å². The lowest BCUT2D eigenvalue weighted by atomic mass is 10.1. The molecule has 1 aliphatic rings. The van der Waals surface area contributed by atoms with Crippen LogP contribution in [0.4, 0.5) is 11.4 Å². The van der Waals surface area contributed by atoms with Crippen LogP contribution in [0.25, 0.3) is 10.9 Å². The summed E-state index contributed by atoms with van der Waals surface area (Å²) in [5.41, 5.74) is 8.78. The maximum Gasteiger partial charge on any atom is 0.0951 e. The maximum absolute atomic E-state index is 5.98. The number of thioether (sulfide) groups is 1. The van der Waals surface area contributed by atoms with E-state index in [1.165, 1.54) is 19.3 Å². The second-order valence-electron chi connectivity index (χ2n) is 5.11. The fourth-order valence-electron chi connectivity index (χ4n) is 2.83. The van der Waals surface area contributed by atoms with Crippen molar-refractivity contribution >= 4 is 34.0 Å². The zero-order valence-electron chi connectivity index (χ0n) is 11.1. The van der Waals surface area contributed by atoms with Crippen LogP contribution in [0, 0.1) is 0 Å². The number of benzene rings is 1. The standard InChI is InChI=1S/C15H19N3S/c1-19-11-5-4-10(9-11)18-14-7-6-13(16)15-12(14)3-2-8-17-15/h2-3,6-8,10-11,18H,4-5,9,16H2,1H3. The van der Waals surface area contributed by atoms with E-state index in [-0.39, 0.29) is 0 Å². The third kappa shape index (κ3) is 2.50. The number of aromatic nitrogens is 1. The molecule has 3 rings (SSSR count). The number of rotatable bonds is 3. The first-order chi connectivity index (χ1) is 9.28. The largest absolute Gasteiger partial charge is 0.397 e. The molecule has 0 amide bonds. The molecular weight excluding hydrogens is 254 g/mol. The third-order valence-corrected chi connectivity index (χ3v) is 4.97. The average Bonchev–Trinajstić information content (AvgIpc) is 2.90. The lowest BCUT2D eigenvalue weighted by molar-refractivity contribution is 0.758. The van der Waals surface area contributed by atoms with E-state index in [1.807, 2.05) is 23.9 Å². The minimum atomic E-state index is 0.574. The van der Waals surface area contributed by atoms with Gasteiger partial charge in [-0.25, -0.2) is 0 Å². The highest BCUT2D eigenvalue weighted by atomic mass is 32.2. The Morgan fingerprint density at radius 3 is 3.00 bits per heavy atom. The smallest absolute Gasteiger partial charge is 0.0951 e. The summed E-state index contributed by atoms with van der Waals surface area (Å²) in [5.74, 6) is 0. The SMILES string of the molecule is CSC1CCC(Nc2ccc(N)c3ncccc23)C1. The molecule has 0 radical (unpaired) electrons. The molecule has 4 heteroatoms. The maximum atomic E-state index is 5.98. The van der Waals surface area contributed by atoms with Crippen LogP contribution in [-0.4, -0.2) is 22.5 Å². The summed E-state index contributed by atoms with van der Waals surface area (Å²) in [7, 11) is 0. The Morgan fingerprint density at radius 2 is 2.21 bits per heavy atom. The van der Waals surface area contributed by atoms with Gasteiger partial charge in [-0.1, -0.05) is 0 Å². The van der Waals surface area contributed by atoms with Gasteiger partial charge in [-0.05, 0) is 49.8 Å². The second-order valence-corrected chi connectivity index (χ2v) is 6.25. The highest BCUT2D eigenvalue weighted by Gasteiger charge is 2.24. The number of anilines is 2. The summed E-state index contributed by atoms with van der Waals surface area (Å²) >= 11 is 1.98. The molecule has 1 aliphatic carbocycles. The Balaban J connectivity index is 1.87. The van der Waals surface area contributed by atoms with E-state index in [2.05, 4.69) is 28.7 Å². The van der Waals surface area contributed by atoms with E-state index < -0.39 is 0 Å². The molecule has 1 fully saturated rings. The third-order valence-electron chi connectivity index (χ3n) is 3.88. The van der Waals surface area contributed by atoms with Crippen molar-refractivity contribution in [2.45, 2.75) is 30.6 Å². The lowest BCUT2D eigenvalue weighted by Gasteiger charge is -2.16. The molecule has 2 atom stereocenters. The predicted octanol–water partition coefficient (Wildman–Crippen LogP) is 3.51. The van der Waals surface area contributed by atoms with Gasteiger partial charge in [0, 0.05) is 28.6 Å². The molecule has 0 saturated heterocycles. The van der Waals surface area contributed by atoms with Crippen LogP contribution in [0.15, 0.2) is 30.5 Å². The number of hydrogen-bond donors (Lipinski definition) is 2. The van der Waals surface area contributed by atoms with Crippen LogP contribution in [0.3, 0.4) is 0 Å². The molecule has 19 heavy (non-hydrogen) atoms. The Hall–Kier alpha value is -1.42. The number of nitrogens with one attached hydrogen (secondary N) is 1. The summed E-state index contributed by atoms with van der Waals surface area (Å²) in [5, 5.41) is 5.59. The van der Waals surface area contributed by atoms with Crippen molar-refractivity contribution < 1.29 is 0 Å². The van der Waals surface area contributed by atoms with Gasteiger partial charge in [-0.2, -0.15) is 11.8 Å². The van der Waals surface area contributed by atoms with Crippen molar-refractivity contribution in [2.24, 2.45) is 0 Å². The summed E-state index contributed by atoms with van der Waals surface area (Å²) < 4.78 is 0. The van der Waals surface area contributed by atoms with Crippen LogP contribution in [0.2, 0.25) is 0 Å². The zero-order valence-corrected chi connectivity index (χ0v) is 11.9. The second kappa shape index (κ2) is 5.29. The Bertz CT molecular complexity index is 585. The van der Waals surface area contributed by atoms with Crippen molar-refractivity contribution in [2.75, 3.05) is 17.3 Å². The number of pyridine rings is 1. The van der Waals surface area contributed by atoms with Crippen molar-refractivity contribution in [3.63, 3.8) is 0 Å². The molecule has 1 saturated carbocycles. The van der Waals surface area contributed by atoms with Crippen molar-refractivity contribution in [3.8, 4) is 0 Å². The van der Waals surface area contributed by atoms with Gasteiger partial charge in [0.2, 0.25) is 0 Å².